The molecule has 0 fully saturated rings. The summed E-state index contributed by atoms with van der Waals surface area (Å²) >= 11 is 0. The van der Waals surface area contributed by atoms with Crippen molar-refractivity contribution >= 4 is 23.5 Å². The number of aromatic carboxylic acids is 1. The third-order valence-corrected chi connectivity index (χ3v) is 5.31. The number of carboxylic acid groups (broad SMARTS) is 2. The number of rotatable bonds is 15. The lowest BCUT2D eigenvalue weighted by Gasteiger charge is -2.24. The molecule has 1 unspecified atom stereocenters. The van der Waals surface area contributed by atoms with Crippen LogP contribution in [0.2, 0.25) is 0 Å². The van der Waals surface area contributed by atoms with Gasteiger partial charge in [-0.1, -0.05) is 38.1 Å². The van der Waals surface area contributed by atoms with Crippen LogP contribution in [0.4, 0.5) is 5.69 Å². The highest BCUT2D eigenvalue weighted by molar-refractivity contribution is 5.91. The minimum absolute atomic E-state index is 0.0936. The van der Waals surface area contributed by atoms with E-state index in [0.717, 1.165) is 23.4 Å². The van der Waals surface area contributed by atoms with Crippen molar-refractivity contribution in [1.29, 1.82) is 0 Å². The first-order chi connectivity index (χ1) is 18.6. The fraction of sp³-hybridized carbons (Fsp3) is 0.444. The summed E-state index contributed by atoms with van der Waals surface area (Å²) < 4.78 is 42.4. The van der Waals surface area contributed by atoms with E-state index >= 15 is 0 Å². The van der Waals surface area contributed by atoms with Crippen LogP contribution in [0.3, 0.4) is 0 Å². The molecule has 0 radical (unpaired) electrons. The van der Waals surface area contributed by atoms with Crippen molar-refractivity contribution in [3.05, 3.63) is 59.2 Å². The number of carbonyl (C=O) groups is 3. The van der Waals surface area contributed by atoms with Crippen LogP contribution in [-0.2, 0) is 16.0 Å². The summed E-state index contributed by atoms with van der Waals surface area (Å²) in [4.78, 5) is 35.5. The average molecular weight is 490 g/mol. The summed E-state index contributed by atoms with van der Waals surface area (Å²) in [6, 6.07) is 10.8. The fourth-order valence-electron chi connectivity index (χ4n) is 3.74. The van der Waals surface area contributed by atoms with E-state index in [1.165, 1.54) is 6.07 Å². The Balaban J connectivity index is 2.23. The number of benzene rings is 2. The Morgan fingerprint density at radius 1 is 1.11 bits per heavy atom. The minimum Gasteiger partial charge on any atom is -0.493 e. The summed E-state index contributed by atoms with van der Waals surface area (Å²) in [6.07, 6.45) is 1.73. The van der Waals surface area contributed by atoms with Gasteiger partial charge in [0.2, 0.25) is 5.91 Å². The Morgan fingerprint density at radius 2 is 1.89 bits per heavy atom. The molecule has 2 aromatic carbocycles. The van der Waals surface area contributed by atoms with E-state index in [1.807, 2.05) is 38.1 Å². The van der Waals surface area contributed by atoms with Gasteiger partial charge in [-0.3, -0.25) is 9.59 Å². The zero-order chi connectivity index (χ0) is 30.1. The molecular formula is C27H36N2O6. The second kappa shape index (κ2) is 14.0. The van der Waals surface area contributed by atoms with Gasteiger partial charge in [0.1, 0.15) is 11.3 Å². The first-order valence-electron chi connectivity index (χ1n) is 14.0. The first-order valence-corrected chi connectivity index (χ1v) is 11.5. The van der Waals surface area contributed by atoms with Crippen LogP contribution in [0.15, 0.2) is 42.5 Å². The van der Waals surface area contributed by atoms with Gasteiger partial charge in [0, 0.05) is 22.8 Å². The van der Waals surface area contributed by atoms with Crippen molar-refractivity contribution in [2.75, 3.05) is 18.4 Å². The SMILES string of the molecule is [2H]C([2H])([2H])C([2H])([2H])Oc1cc(CC(=O)NC(CC(C)C)c2ccccc2NCCCCC(=O)O)ccc1C(=O)O. The number of hydrogen-bond acceptors (Lipinski definition) is 5. The molecule has 8 heteroatoms. The van der Waals surface area contributed by atoms with Crippen molar-refractivity contribution in [3.8, 4) is 5.75 Å². The molecule has 0 aliphatic heterocycles. The van der Waals surface area contributed by atoms with Gasteiger partial charge >= 0.3 is 11.9 Å². The second-order valence-corrected chi connectivity index (χ2v) is 8.63. The molecule has 0 aromatic heterocycles. The van der Waals surface area contributed by atoms with Crippen molar-refractivity contribution in [1.82, 2.24) is 5.32 Å². The molecular weight excluding hydrogens is 448 g/mol. The van der Waals surface area contributed by atoms with Gasteiger partial charge in [0.25, 0.3) is 0 Å². The molecule has 190 valence electrons. The molecule has 0 spiro atoms. The van der Waals surface area contributed by atoms with Crippen LogP contribution < -0.4 is 15.4 Å². The van der Waals surface area contributed by atoms with Gasteiger partial charge in [0.15, 0.2) is 0 Å². The maximum absolute atomic E-state index is 13.1. The summed E-state index contributed by atoms with van der Waals surface area (Å²) in [5, 5.41) is 24.6. The summed E-state index contributed by atoms with van der Waals surface area (Å²) in [5.74, 6) is -2.92. The van der Waals surface area contributed by atoms with Gasteiger partial charge < -0.3 is 25.6 Å². The van der Waals surface area contributed by atoms with Crippen LogP contribution in [0.1, 0.15) is 80.8 Å². The smallest absolute Gasteiger partial charge is 0.339 e. The van der Waals surface area contributed by atoms with E-state index in [2.05, 4.69) is 10.6 Å². The van der Waals surface area contributed by atoms with Gasteiger partial charge in [-0.2, -0.15) is 0 Å². The third-order valence-electron chi connectivity index (χ3n) is 5.31. The predicted octanol–water partition coefficient (Wildman–Crippen LogP) is 4.90. The molecule has 0 aliphatic rings. The molecule has 0 heterocycles. The molecule has 35 heavy (non-hydrogen) atoms. The van der Waals surface area contributed by atoms with E-state index in [-0.39, 0.29) is 30.7 Å². The van der Waals surface area contributed by atoms with E-state index in [1.54, 1.807) is 0 Å². The van der Waals surface area contributed by atoms with Crippen LogP contribution in [-0.4, -0.2) is 41.2 Å². The first kappa shape index (κ1) is 20.8. The highest BCUT2D eigenvalue weighted by Gasteiger charge is 2.20. The van der Waals surface area contributed by atoms with E-state index < -0.39 is 36.7 Å². The van der Waals surface area contributed by atoms with Crippen LogP contribution in [0.5, 0.6) is 5.75 Å². The average Bonchev–Trinajstić information content (AvgIpc) is 2.82. The number of nitrogens with one attached hydrogen (secondary N) is 2. The minimum atomic E-state index is -3.17. The maximum atomic E-state index is 13.1. The number of aliphatic carboxylic acids is 1. The Labute approximate surface area is 213 Å². The third kappa shape index (κ3) is 9.31. The zero-order valence-corrected chi connectivity index (χ0v) is 20.0. The number of carbonyl (C=O) groups excluding carboxylic acids is 1. The highest BCUT2D eigenvalue weighted by atomic mass is 16.5. The Bertz CT molecular complexity index is 1190. The molecule has 1 atom stereocenters. The topological polar surface area (TPSA) is 125 Å². The van der Waals surface area contributed by atoms with Gasteiger partial charge in [-0.05, 0) is 61.4 Å². The number of anilines is 1. The number of carboxylic acids is 2. The normalized spacial score (nSPS) is 14.5. The number of amides is 1. The second-order valence-electron chi connectivity index (χ2n) is 8.63. The van der Waals surface area contributed by atoms with Crippen LogP contribution in [0, 0.1) is 5.92 Å². The summed E-state index contributed by atoms with van der Waals surface area (Å²) in [5.41, 5.74) is 1.56. The number of ether oxygens (including phenoxy) is 1. The Kier molecular flexibility index (Phi) is 8.31. The van der Waals surface area contributed by atoms with Gasteiger partial charge in [-0.15, -0.1) is 0 Å². The monoisotopic (exact) mass is 489 g/mol. The van der Waals surface area contributed by atoms with Gasteiger partial charge in [-0.25, -0.2) is 4.79 Å². The Morgan fingerprint density at radius 3 is 2.57 bits per heavy atom. The van der Waals surface area contributed by atoms with E-state index in [0.29, 0.717) is 31.4 Å². The fourth-order valence-corrected chi connectivity index (χ4v) is 3.74. The highest BCUT2D eigenvalue weighted by Crippen LogP contribution is 2.28. The number of unbranched alkanes of at least 4 members (excludes halogenated alkanes) is 1. The molecule has 0 saturated heterocycles. The van der Waals surface area contributed by atoms with Crippen LogP contribution >= 0.6 is 0 Å². The Hall–Kier alpha value is -3.55. The summed E-state index contributed by atoms with van der Waals surface area (Å²) in [7, 11) is 0. The lowest BCUT2D eigenvalue weighted by atomic mass is 9.95. The van der Waals surface area contributed by atoms with Crippen molar-refractivity contribution in [2.24, 2.45) is 5.92 Å². The largest absolute Gasteiger partial charge is 0.493 e. The van der Waals surface area contributed by atoms with E-state index in [4.69, 9.17) is 16.7 Å². The molecule has 2 aromatic rings. The molecule has 8 nitrogen and oxygen atoms in total. The molecule has 0 aliphatic carbocycles. The quantitative estimate of drug-likeness (QED) is 0.262. The number of para-hydroxylation sites is 1. The van der Waals surface area contributed by atoms with E-state index in [9.17, 15) is 19.5 Å². The van der Waals surface area contributed by atoms with Crippen molar-refractivity contribution < 1.29 is 36.2 Å². The number of hydrogen-bond donors (Lipinski definition) is 4. The standard InChI is InChI=1S/C27H36N2O6/c1-4-35-24-16-19(12-13-21(24)27(33)34)17-25(30)29-23(15-18(2)3)20-9-5-6-10-22(20)28-14-8-7-11-26(31)32/h5-6,9-10,12-13,16,18,23,28H,4,7-8,11,14-15,17H2,1-3H3,(H,29,30)(H,31,32)(H,33,34)/i1D3,4D2. The van der Waals surface area contributed by atoms with Crippen LogP contribution in [0.25, 0.3) is 0 Å². The zero-order valence-electron chi connectivity index (χ0n) is 25.0. The maximum Gasteiger partial charge on any atom is 0.339 e. The molecule has 1 amide bonds. The molecule has 2 rings (SSSR count). The molecule has 4 N–H and O–H groups in total. The van der Waals surface area contributed by atoms with Crippen molar-refractivity contribution in [2.45, 2.75) is 58.8 Å². The predicted molar refractivity (Wildman–Crippen MR) is 135 cm³/mol. The van der Waals surface area contributed by atoms with Crippen molar-refractivity contribution in [3.63, 3.8) is 0 Å². The molecule has 0 saturated carbocycles. The summed E-state index contributed by atoms with van der Waals surface area (Å²) in [6.45, 7) is -1.71. The lowest BCUT2D eigenvalue weighted by Crippen LogP contribution is -2.31. The van der Waals surface area contributed by atoms with Gasteiger partial charge in [0.05, 0.1) is 21.8 Å². The lowest BCUT2D eigenvalue weighted by molar-refractivity contribution is -0.137. The molecule has 0 bridgehead atoms.